The third kappa shape index (κ3) is 6.96. The van der Waals surface area contributed by atoms with Crippen molar-refractivity contribution >= 4 is 52.3 Å². The van der Waals surface area contributed by atoms with E-state index in [4.69, 9.17) is 37.4 Å². The maximum Gasteiger partial charge on any atom is 0.338 e. The molecule has 1 aliphatic rings. The first-order chi connectivity index (χ1) is 21.6. The summed E-state index contributed by atoms with van der Waals surface area (Å²) in [6.07, 6.45) is 1.79. The molecular formula is C34H33Cl2N3O5S. The molecule has 0 radical (unpaired) electrons. The van der Waals surface area contributed by atoms with E-state index >= 15 is 0 Å². The number of halogens is 2. The molecule has 2 heterocycles. The molecule has 0 saturated carbocycles. The van der Waals surface area contributed by atoms with Gasteiger partial charge in [0.1, 0.15) is 6.61 Å². The second kappa shape index (κ2) is 13.9. The summed E-state index contributed by atoms with van der Waals surface area (Å²) in [6.45, 7) is 6.27. The highest BCUT2D eigenvalue weighted by atomic mass is 35.5. The minimum atomic E-state index is -0.687. The third-order valence-corrected chi connectivity index (χ3v) is 8.78. The van der Waals surface area contributed by atoms with Crippen LogP contribution in [0, 0.1) is 0 Å². The zero-order valence-electron chi connectivity index (χ0n) is 25.6. The Hall–Kier alpha value is -4.05. The zero-order chi connectivity index (χ0) is 32.2. The van der Waals surface area contributed by atoms with Gasteiger partial charge in [0.25, 0.3) is 5.56 Å². The lowest BCUT2D eigenvalue weighted by molar-refractivity contribution is -0.139. The fraction of sp³-hybridized carbons (Fsp3) is 0.265. The van der Waals surface area contributed by atoms with Gasteiger partial charge >= 0.3 is 5.97 Å². The molecule has 8 nitrogen and oxygen atoms in total. The summed E-state index contributed by atoms with van der Waals surface area (Å²) in [6, 6.07) is 17.8. The molecule has 11 heteroatoms. The number of anilines is 1. The fourth-order valence-corrected chi connectivity index (χ4v) is 6.52. The Morgan fingerprint density at radius 2 is 1.76 bits per heavy atom. The van der Waals surface area contributed by atoms with Gasteiger partial charge in [-0.2, -0.15) is 0 Å². The van der Waals surface area contributed by atoms with Gasteiger partial charge in [-0.05, 0) is 74.4 Å². The second-order valence-electron chi connectivity index (χ2n) is 10.5. The number of rotatable bonds is 10. The number of esters is 1. The first kappa shape index (κ1) is 32.3. The predicted octanol–water partition coefficient (Wildman–Crippen LogP) is 6.15. The molecule has 0 N–H and O–H groups in total. The largest absolute Gasteiger partial charge is 0.490 e. The van der Waals surface area contributed by atoms with Gasteiger partial charge in [-0.15, -0.1) is 0 Å². The number of ether oxygens (including phenoxy) is 3. The van der Waals surface area contributed by atoms with Crippen LogP contribution in [-0.4, -0.2) is 37.8 Å². The SMILES string of the molecule is CCOC(=O)C1=C(C)N=c2s/c(=C\c3ccc(OCc4ccc(Cl)cc4Cl)c(OCC)c3)c(=O)n2[C@H]1c1ccc(N(C)C)cc1. The number of benzene rings is 3. The lowest BCUT2D eigenvalue weighted by atomic mass is 9.95. The molecule has 3 aromatic carbocycles. The summed E-state index contributed by atoms with van der Waals surface area (Å²) in [5.74, 6) is 0.576. The van der Waals surface area contributed by atoms with Crippen LogP contribution in [0.1, 0.15) is 43.5 Å². The maximum atomic E-state index is 14.0. The third-order valence-electron chi connectivity index (χ3n) is 7.21. The Balaban J connectivity index is 1.55. The van der Waals surface area contributed by atoms with Gasteiger partial charge in [-0.3, -0.25) is 9.36 Å². The number of allylic oxidation sites excluding steroid dienone is 1. The van der Waals surface area contributed by atoms with Crippen molar-refractivity contribution in [1.29, 1.82) is 0 Å². The Kier molecular flexibility index (Phi) is 10.0. The van der Waals surface area contributed by atoms with Crippen molar-refractivity contribution in [3.05, 3.63) is 118 Å². The highest BCUT2D eigenvalue weighted by molar-refractivity contribution is 7.07. The van der Waals surface area contributed by atoms with E-state index in [0.29, 0.717) is 48.8 Å². The second-order valence-corrected chi connectivity index (χ2v) is 12.3. The number of thiazole rings is 1. The topological polar surface area (TPSA) is 82.4 Å². The molecule has 0 amide bonds. The summed E-state index contributed by atoms with van der Waals surface area (Å²) in [5, 5.41) is 1.06. The lowest BCUT2D eigenvalue weighted by Gasteiger charge is -2.25. The van der Waals surface area contributed by atoms with Crippen LogP contribution in [0.15, 0.2) is 81.7 Å². The van der Waals surface area contributed by atoms with Crippen LogP contribution in [0.5, 0.6) is 11.5 Å². The Morgan fingerprint density at radius 3 is 2.42 bits per heavy atom. The lowest BCUT2D eigenvalue weighted by Crippen LogP contribution is -2.39. The summed E-state index contributed by atoms with van der Waals surface area (Å²) in [5.41, 5.74) is 3.92. The molecule has 0 unspecified atom stereocenters. The molecule has 0 bridgehead atoms. The minimum absolute atomic E-state index is 0.209. The van der Waals surface area contributed by atoms with Gasteiger partial charge in [0, 0.05) is 35.4 Å². The van der Waals surface area contributed by atoms with Gasteiger partial charge in [0.2, 0.25) is 0 Å². The van der Waals surface area contributed by atoms with Crippen molar-refractivity contribution in [3.63, 3.8) is 0 Å². The first-order valence-corrected chi connectivity index (χ1v) is 16.0. The molecule has 0 spiro atoms. The van der Waals surface area contributed by atoms with Crippen molar-refractivity contribution in [2.75, 3.05) is 32.2 Å². The number of carbonyl (C=O) groups is 1. The van der Waals surface area contributed by atoms with Crippen LogP contribution in [-0.2, 0) is 16.1 Å². The van der Waals surface area contributed by atoms with Crippen LogP contribution >= 0.6 is 34.5 Å². The average molecular weight is 667 g/mol. The molecule has 0 aliphatic carbocycles. The summed E-state index contributed by atoms with van der Waals surface area (Å²) in [4.78, 5) is 34.4. The first-order valence-electron chi connectivity index (χ1n) is 14.4. The number of fused-ring (bicyclic) bond motifs is 1. The molecule has 234 valence electrons. The van der Waals surface area contributed by atoms with E-state index in [1.54, 1.807) is 42.7 Å². The van der Waals surface area contributed by atoms with Crippen molar-refractivity contribution in [2.45, 2.75) is 33.4 Å². The molecule has 5 rings (SSSR count). The van der Waals surface area contributed by atoms with Crippen molar-refractivity contribution in [2.24, 2.45) is 4.99 Å². The van der Waals surface area contributed by atoms with Crippen LogP contribution in [0.25, 0.3) is 6.08 Å². The maximum absolute atomic E-state index is 14.0. The highest BCUT2D eigenvalue weighted by Crippen LogP contribution is 2.33. The molecule has 45 heavy (non-hydrogen) atoms. The fourth-order valence-electron chi connectivity index (χ4n) is 5.01. The van der Waals surface area contributed by atoms with Gasteiger partial charge in [-0.25, -0.2) is 9.79 Å². The van der Waals surface area contributed by atoms with Gasteiger partial charge < -0.3 is 19.1 Å². The zero-order valence-corrected chi connectivity index (χ0v) is 27.9. The van der Waals surface area contributed by atoms with E-state index < -0.39 is 12.0 Å². The van der Waals surface area contributed by atoms with E-state index in [2.05, 4.69) is 4.99 Å². The van der Waals surface area contributed by atoms with Crippen molar-refractivity contribution in [3.8, 4) is 11.5 Å². The summed E-state index contributed by atoms with van der Waals surface area (Å²) >= 11 is 13.6. The summed E-state index contributed by atoms with van der Waals surface area (Å²) in [7, 11) is 3.91. The number of nitrogens with zero attached hydrogens (tertiary/aromatic N) is 3. The standard InChI is InChI=1S/C34H33Cl2N3O5S/c1-6-42-28-16-21(8-15-27(28)44-19-23-9-12-24(35)18-26(23)36)17-29-32(40)39-31(22-10-13-25(14-11-22)38(4)5)30(33(41)43-7-2)20(3)37-34(39)45-29/h8-18,31H,6-7,19H2,1-5H3/b29-17-/t31-/m0/s1. The van der Waals surface area contributed by atoms with E-state index in [9.17, 15) is 9.59 Å². The number of hydrogen-bond acceptors (Lipinski definition) is 8. The van der Waals surface area contributed by atoms with Gasteiger partial charge in [0.15, 0.2) is 16.3 Å². The van der Waals surface area contributed by atoms with Crippen LogP contribution in [0.4, 0.5) is 5.69 Å². The van der Waals surface area contributed by atoms with E-state index in [1.165, 1.54) is 11.3 Å². The van der Waals surface area contributed by atoms with Crippen molar-refractivity contribution < 1.29 is 19.0 Å². The smallest absolute Gasteiger partial charge is 0.338 e. The average Bonchev–Trinajstić information content (AvgIpc) is 3.30. The molecule has 1 aromatic heterocycles. The quantitative estimate of drug-likeness (QED) is 0.189. The molecule has 4 aromatic rings. The normalized spacial score (nSPS) is 14.6. The Bertz CT molecular complexity index is 1950. The predicted molar refractivity (Wildman–Crippen MR) is 180 cm³/mol. The van der Waals surface area contributed by atoms with E-state index in [0.717, 1.165) is 22.4 Å². The number of hydrogen-bond donors (Lipinski definition) is 0. The highest BCUT2D eigenvalue weighted by Gasteiger charge is 2.33. The van der Waals surface area contributed by atoms with E-state index in [1.807, 2.05) is 68.4 Å². The van der Waals surface area contributed by atoms with Crippen LogP contribution < -0.4 is 29.3 Å². The number of carbonyl (C=O) groups excluding carboxylic acids is 1. The Labute approximate surface area is 275 Å². The van der Waals surface area contributed by atoms with Gasteiger partial charge in [-0.1, -0.05) is 58.8 Å². The monoisotopic (exact) mass is 665 g/mol. The van der Waals surface area contributed by atoms with E-state index in [-0.39, 0.29) is 18.8 Å². The molecular weight excluding hydrogens is 633 g/mol. The molecule has 1 aliphatic heterocycles. The van der Waals surface area contributed by atoms with Crippen LogP contribution in [0.3, 0.4) is 0 Å². The van der Waals surface area contributed by atoms with Crippen LogP contribution in [0.2, 0.25) is 10.0 Å². The van der Waals surface area contributed by atoms with Crippen molar-refractivity contribution in [1.82, 2.24) is 4.57 Å². The van der Waals surface area contributed by atoms with Gasteiger partial charge in [0.05, 0.1) is 35.1 Å². The molecule has 1 atom stereocenters. The summed E-state index contributed by atoms with van der Waals surface area (Å²) < 4.78 is 19.4. The molecule has 0 saturated heterocycles. The molecule has 0 fully saturated rings. The Morgan fingerprint density at radius 1 is 1.00 bits per heavy atom. The number of aromatic nitrogens is 1. The minimum Gasteiger partial charge on any atom is -0.490 e.